The molecular formula is C25H36O8. The highest BCUT2D eigenvalue weighted by Crippen LogP contribution is 2.69. The second kappa shape index (κ2) is 7.54. The Balaban J connectivity index is 1.89. The number of carbonyl (C=O) groups is 3. The molecule has 3 saturated carbocycles. The zero-order valence-corrected chi connectivity index (χ0v) is 20.6. The maximum Gasteiger partial charge on any atom is 0.333 e. The van der Waals surface area contributed by atoms with Crippen molar-refractivity contribution in [3.05, 3.63) is 11.6 Å². The number of methoxy groups -OCH3 is 1. The summed E-state index contributed by atoms with van der Waals surface area (Å²) in [4.78, 5) is 36.5. The summed E-state index contributed by atoms with van der Waals surface area (Å²) in [6, 6.07) is 0. The molecule has 33 heavy (non-hydrogen) atoms. The highest BCUT2D eigenvalue weighted by Gasteiger charge is 2.74. The van der Waals surface area contributed by atoms with Crippen LogP contribution in [-0.4, -0.2) is 53.7 Å². The third kappa shape index (κ3) is 3.20. The molecule has 0 saturated heterocycles. The Bertz CT molecular complexity index is 908. The first-order valence-corrected chi connectivity index (χ1v) is 11.8. The second-order valence-electron chi connectivity index (χ2n) is 11.2. The van der Waals surface area contributed by atoms with Crippen LogP contribution in [0.4, 0.5) is 0 Å². The van der Waals surface area contributed by atoms with Crippen LogP contribution in [0.3, 0.4) is 0 Å². The molecule has 0 radical (unpaired) electrons. The lowest BCUT2D eigenvalue weighted by atomic mass is 9.39. The molecule has 184 valence electrons. The number of ether oxygens (including phenoxy) is 4. The molecule has 3 aliphatic carbocycles. The minimum atomic E-state index is -1.21. The number of fused-ring (bicyclic) bond motifs is 4. The second-order valence-corrected chi connectivity index (χ2v) is 11.2. The quantitative estimate of drug-likeness (QED) is 0.502. The zero-order valence-electron chi connectivity index (χ0n) is 20.6. The van der Waals surface area contributed by atoms with E-state index in [1.165, 1.54) is 27.0 Å². The van der Waals surface area contributed by atoms with Gasteiger partial charge in [0.05, 0.1) is 5.60 Å². The molecule has 1 heterocycles. The molecule has 3 fully saturated rings. The summed E-state index contributed by atoms with van der Waals surface area (Å²) in [6.45, 7) is 10.6. The standard InChI is InChI=1S/C25H36O8/c1-13-16-8-9-25(29)22(4,5)12-19(31-14(2)26)21(32-15(3)27)23(25,6)18(16)11-24(30-7)17(13)10-20(28)33-24/h10,13,16,18-19,21,29H,8-9,11-12H2,1-7H3/t13-,16+,18+,19+,21+,23+,24-,25-/m1/s1. The Kier molecular flexibility index (Phi) is 5.53. The van der Waals surface area contributed by atoms with Crippen molar-refractivity contribution in [1.82, 2.24) is 0 Å². The molecule has 8 nitrogen and oxygen atoms in total. The summed E-state index contributed by atoms with van der Waals surface area (Å²) < 4.78 is 23.1. The van der Waals surface area contributed by atoms with Crippen LogP contribution < -0.4 is 0 Å². The number of rotatable bonds is 3. The topological polar surface area (TPSA) is 108 Å². The lowest BCUT2D eigenvalue weighted by molar-refractivity contribution is -0.319. The molecule has 4 rings (SSSR count). The molecule has 0 aromatic heterocycles. The average Bonchev–Trinajstić information content (AvgIpc) is 3.04. The van der Waals surface area contributed by atoms with E-state index < -0.39 is 52.3 Å². The lowest BCUT2D eigenvalue weighted by Gasteiger charge is -2.69. The Morgan fingerprint density at radius 1 is 1.12 bits per heavy atom. The maximum atomic E-state index is 12.4. The van der Waals surface area contributed by atoms with Gasteiger partial charge in [0.2, 0.25) is 5.79 Å². The van der Waals surface area contributed by atoms with Gasteiger partial charge in [-0.3, -0.25) is 9.59 Å². The van der Waals surface area contributed by atoms with Gasteiger partial charge in [0.25, 0.3) is 0 Å². The Labute approximate surface area is 195 Å². The maximum absolute atomic E-state index is 12.4. The first-order chi connectivity index (χ1) is 15.2. The van der Waals surface area contributed by atoms with Gasteiger partial charge in [-0.2, -0.15) is 0 Å². The van der Waals surface area contributed by atoms with Gasteiger partial charge in [-0.15, -0.1) is 0 Å². The van der Waals surface area contributed by atoms with Gasteiger partial charge in [-0.05, 0) is 42.4 Å². The van der Waals surface area contributed by atoms with E-state index in [0.29, 0.717) is 19.3 Å². The fourth-order valence-corrected chi connectivity index (χ4v) is 7.82. The third-order valence-corrected chi connectivity index (χ3v) is 9.32. The first-order valence-electron chi connectivity index (χ1n) is 11.8. The largest absolute Gasteiger partial charge is 0.459 e. The van der Waals surface area contributed by atoms with Gasteiger partial charge in [-0.25, -0.2) is 4.79 Å². The minimum Gasteiger partial charge on any atom is -0.459 e. The fraction of sp³-hybridized carbons (Fsp3) is 0.800. The molecule has 0 unspecified atom stereocenters. The summed E-state index contributed by atoms with van der Waals surface area (Å²) in [5.74, 6) is -2.77. The van der Waals surface area contributed by atoms with E-state index in [1.54, 1.807) is 0 Å². The van der Waals surface area contributed by atoms with Crippen molar-refractivity contribution in [3.8, 4) is 0 Å². The van der Waals surface area contributed by atoms with E-state index in [-0.39, 0.29) is 17.8 Å². The van der Waals surface area contributed by atoms with Crippen molar-refractivity contribution in [3.63, 3.8) is 0 Å². The van der Waals surface area contributed by atoms with Crippen molar-refractivity contribution in [1.29, 1.82) is 0 Å². The summed E-state index contributed by atoms with van der Waals surface area (Å²) in [7, 11) is 1.52. The molecule has 8 atom stereocenters. The SMILES string of the molecule is CO[C@@]12C[C@H]3[C@@H](CC[C@@]4(O)C(C)(C)C[C@H](OC(C)=O)[C@H](OC(C)=O)[C@]34C)[C@@H](C)C1=CC(=O)O2. The summed E-state index contributed by atoms with van der Waals surface area (Å²) in [5, 5.41) is 12.4. The van der Waals surface area contributed by atoms with Crippen molar-refractivity contribution >= 4 is 17.9 Å². The zero-order chi connectivity index (χ0) is 24.6. The predicted molar refractivity (Wildman–Crippen MR) is 116 cm³/mol. The highest BCUT2D eigenvalue weighted by molar-refractivity contribution is 5.86. The molecule has 0 aromatic carbocycles. The van der Waals surface area contributed by atoms with Crippen LogP contribution in [0, 0.1) is 28.6 Å². The van der Waals surface area contributed by atoms with Crippen LogP contribution in [-0.2, 0) is 33.3 Å². The van der Waals surface area contributed by atoms with Gasteiger partial charge in [0, 0.05) is 44.4 Å². The third-order valence-electron chi connectivity index (χ3n) is 9.32. The Morgan fingerprint density at radius 3 is 2.33 bits per heavy atom. The average molecular weight is 465 g/mol. The van der Waals surface area contributed by atoms with Crippen LogP contribution >= 0.6 is 0 Å². The van der Waals surface area contributed by atoms with Gasteiger partial charge in [0.15, 0.2) is 0 Å². The number of hydrogen-bond acceptors (Lipinski definition) is 8. The summed E-state index contributed by atoms with van der Waals surface area (Å²) >= 11 is 0. The van der Waals surface area contributed by atoms with E-state index in [9.17, 15) is 19.5 Å². The van der Waals surface area contributed by atoms with E-state index in [0.717, 1.165) is 12.0 Å². The normalized spacial score (nSPS) is 45.6. The first kappa shape index (κ1) is 24.2. The van der Waals surface area contributed by atoms with Gasteiger partial charge in [0.1, 0.15) is 12.2 Å². The molecular weight excluding hydrogens is 428 g/mol. The molecule has 4 aliphatic rings. The summed E-state index contributed by atoms with van der Waals surface area (Å²) in [6.07, 6.45) is 1.92. The number of carbonyl (C=O) groups excluding carboxylic acids is 3. The molecule has 0 spiro atoms. The molecule has 0 amide bonds. The van der Waals surface area contributed by atoms with Gasteiger partial charge < -0.3 is 24.1 Å². The number of esters is 3. The summed E-state index contributed by atoms with van der Waals surface area (Å²) in [5.41, 5.74) is -2.00. The van der Waals surface area contributed by atoms with Crippen LogP contribution in [0.2, 0.25) is 0 Å². The Hall–Kier alpha value is -1.93. The van der Waals surface area contributed by atoms with Crippen LogP contribution in [0.15, 0.2) is 11.6 Å². The van der Waals surface area contributed by atoms with Crippen molar-refractivity contribution in [2.24, 2.45) is 28.6 Å². The monoisotopic (exact) mass is 464 g/mol. The lowest BCUT2D eigenvalue weighted by Crippen LogP contribution is -2.75. The van der Waals surface area contributed by atoms with Crippen LogP contribution in [0.5, 0.6) is 0 Å². The molecule has 8 heteroatoms. The molecule has 1 aliphatic heterocycles. The highest BCUT2D eigenvalue weighted by atomic mass is 16.7. The van der Waals surface area contributed by atoms with Crippen molar-refractivity contribution in [2.75, 3.05) is 7.11 Å². The minimum absolute atomic E-state index is 0.0354. The van der Waals surface area contributed by atoms with Crippen LogP contribution in [0.25, 0.3) is 0 Å². The van der Waals surface area contributed by atoms with Gasteiger partial charge in [-0.1, -0.05) is 27.7 Å². The molecule has 1 N–H and O–H groups in total. The van der Waals surface area contributed by atoms with Gasteiger partial charge >= 0.3 is 17.9 Å². The van der Waals surface area contributed by atoms with E-state index >= 15 is 0 Å². The van der Waals surface area contributed by atoms with Crippen molar-refractivity contribution < 1.29 is 38.4 Å². The van der Waals surface area contributed by atoms with Crippen LogP contribution in [0.1, 0.15) is 67.2 Å². The van der Waals surface area contributed by atoms with E-state index in [1.807, 2.05) is 20.8 Å². The fourth-order valence-electron chi connectivity index (χ4n) is 7.82. The molecule has 0 bridgehead atoms. The number of hydrogen-bond donors (Lipinski definition) is 1. The molecule has 0 aromatic rings. The van der Waals surface area contributed by atoms with Crippen molar-refractivity contribution in [2.45, 2.75) is 90.8 Å². The Morgan fingerprint density at radius 2 is 1.76 bits per heavy atom. The van der Waals surface area contributed by atoms with E-state index in [2.05, 4.69) is 6.92 Å². The predicted octanol–water partition coefficient (Wildman–Crippen LogP) is 2.91. The number of aliphatic hydroxyl groups is 1. The smallest absolute Gasteiger partial charge is 0.333 e. The van der Waals surface area contributed by atoms with E-state index in [4.69, 9.17) is 18.9 Å².